The van der Waals surface area contributed by atoms with Crippen molar-refractivity contribution in [3.8, 4) is 0 Å². The van der Waals surface area contributed by atoms with Gasteiger partial charge in [0.25, 0.3) is 0 Å². The molecule has 1 nitrogen and oxygen atoms in total. The zero-order valence-electron chi connectivity index (χ0n) is 7.98. The average Bonchev–Trinajstić information content (AvgIpc) is 1.96. The highest BCUT2D eigenvalue weighted by molar-refractivity contribution is 6.30. The smallest absolute Gasteiger partial charge is 0.132 e. The van der Waals surface area contributed by atoms with E-state index in [0.29, 0.717) is 11.1 Å². The molecule has 0 bridgehead atoms. The van der Waals surface area contributed by atoms with E-state index in [1.165, 1.54) is 5.56 Å². The molecule has 0 aliphatic heterocycles. The van der Waals surface area contributed by atoms with Gasteiger partial charge in [0.2, 0.25) is 0 Å². The highest BCUT2D eigenvalue weighted by Gasteiger charge is 2.07. The molecule has 1 rings (SSSR count). The van der Waals surface area contributed by atoms with E-state index >= 15 is 0 Å². The summed E-state index contributed by atoms with van der Waals surface area (Å²) in [5, 5.41) is 0.629. The van der Waals surface area contributed by atoms with E-state index in [1.54, 1.807) is 0 Å². The molecule has 0 N–H and O–H groups in total. The molecule has 12 heavy (non-hydrogen) atoms. The first-order valence-corrected chi connectivity index (χ1v) is 4.53. The summed E-state index contributed by atoms with van der Waals surface area (Å²) < 4.78 is 0. The molecular weight excluding hydrogens is 170 g/mol. The maximum Gasteiger partial charge on any atom is 0.132 e. The van der Waals surface area contributed by atoms with Crippen LogP contribution in [0.1, 0.15) is 36.6 Å². The lowest BCUT2D eigenvalue weighted by atomic mass is 10.0. The summed E-state index contributed by atoms with van der Waals surface area (Å²) in [7, 11) is 0. The first-order valence-electron chi connectivity index (χ1n) is 4.16. The average molecular weight is 184 g/mol. The summed E-state index contributed by atoms with van der Waals surface area (Å²) in [6.45, 7) is 8.31. The van der Waals surface area contributed by atoms with Crippen molar-refractivity contribution in [2.75, 3.05) is 0 Å². The topological polar surface area (TPSA) is 12.9 Å². The van der Waals surface area contributed by atoms with Crippen molar-refractivity contribution < 1.29 is 0 Å². The van der Waals surface area contributed by atoms with E-state index in [4.69, 9.17) is 11.6 Å². The van der Waals surface area contributed by atoms with Crippen molar-refractivity contribution in [1.29, 1.82) is 0 Å². The van der Waals surface area contributed by atoms with E-state index in [1.807, 2.05) is 6.92 Å². The molecule has 0 atom stereocenters. The van der Waals surface area contributed by atoms with Crippen molar-refractivity contribution in [3.05, 3.63) is 28.0 Å². The van der Waals surface area contributed by atoms with Crippen LogP contribution in [0.3, 0.4) is 0 Å². The van der Waals surface area contributed by atoms with Crippen LogP contribution in [0, 0.1) is 13.8 Å². The van der Waals surface area contributed by atoms with Gasteiger partial charge in [-0.1, -0.05) is 31.5 Å². The summed E-state index contributed by atoms with van der Waals surface area (Å²) >= 11 is 5.92. The zero-order chi connectivity index (χ0) is 9.30. The van der Waals surface area contributed by atoms with Crippen molar-refractivity contribution >= 4 is 11.6 Å². The molecule has 0 unspecified atom stereocenters. The molecule has 0 saturated carbocycles. The minimum absolute atomic E-state index is 0.447. The third kappa shape index (κ3) is 1.78. The second-order valence-electron chi connectivity index (χ2n) is 3.45. The maximum absolute atomic E-state index is 5.92. The molecule has 66 valence electrons. The van der Waals surface area contributed by atoms with Gasteiger partial charge in [0.05, 0.1) is 0 Å². The molecule has 0 aromatic carbocycles. The monoisotopic (exact) mass is 183 g/mol. The van der Waals surface area contributed by atoms with Crippen molar-refractivity contribution in [3.63, 3.8) is 0 Å². The molecule has 2 heteroatoms. The van der Waals surface area contributed by atoms with Crippen LogP contribution in [0.15, 0.2) is 6.07 Å². The Morgan fingerprint density at radius 1 is 1.25 bits per heavy atom. The molecule has 1 aromatic heterocycles. The normalized spacial score (nSPS) is 10.8. The number of aromatic nitrogens is 1. The highest BCUT2D eigenvalue weighted by atomic mass is 35.5. The predicted octanol–water partition coefficient (Wildman–Crippen LogP) is 3.48. The van der Waals surface area contributed by atoms with E-state index in [-0.39, 0.29) is 0 Å². The fraction of sp³-hybridized carbons (Fsp3) is 0.500. The van der Waals surface area contributed by atoms with Crippen molar-refractivity contribution in [2.45, 2.75) is 33.6 Å². The molecule has 1 heterocycles. The Kier molecular flexibility index (Phi) is 2.73. The molecule has 1 aromatic rings. The van der Waals surface area contributed by atoms with Gasteiger partial charge < -0.3 is 0 Å². The van der Waals surface area contributed by atoms with Gasteiger partial charge in [0, 0.05) is 5.69 Å². The van der Waals surface area contributed by atoms with Crippen LogP contribution in [0.2, 0.25) is 5.15 Å². The second kappa shape index (κ2) is 3.44. The number of pyridine rings is 1. The lowest BCUT2D eigenvalue weighted by Crippen LogP contribution is -1.98. The second-order valence-corrected chi connectivity index (χ2v) is 3.81. The van der Waals surface area contributed by atoms with E-state index in [2.05, 4.69) is 31.8 Å². The SMILES string of the molecule is Cc1cc(C)c(C(C)C)nc1Cl. The Morgan fingerprint density at radius 3 is 2.33 bits per heavy atom. The molecular formula is C10H14ClN. The predicted molar refractivity (Wildman–Crippen MR) is 52.8 cm³/mol. The molecule has 0 saturated heterocycles. The third-order valence-corrected chi connectivity index (χ3v) is 2.31. The fourth-order valence-electron chi connectivity index (χ4n) is 1.32. The molecule has 0 aliphatic rings. The minimum Gasteiger partial charge on any atom is -0.240 e. The van der Waals surface area contributed by atoms with Crippen molar-refractivity contribution in [1.82, 2.24) is 4.98 Å². The van der Waals surface area contributed by atoms with Crippen LogP contribution >= 0.6 is 11.6 Å². The fourth-order valence-corrected chi connectivity index (χ4v) is 1.47. The van der Waals surface area contributed by atoms with Gasteiger partial charge in [-0.15, -0.1) is 0 Å². The number of rotatable bonds is 1. The van der Waals surface area contributed by atoms with Crippen LogP contribution in [0.25, 0.3) is 0 Å². The van der Waals surface area contributed by atoms with E-state index in [0.717, 1.165) is 11.3 Å². The van der Waals surface area contributed by atoms with Gasteiger partial charge in [0.15, 0.2) is 0 Å². The number of halogens is 1. The van der Waals surface area contributed by atoms with Crippen molar-refractivity contribution in [2.24, 2.45) is 0 Å². The van der Waals surface area contributed by atoms with E-state index in [9.17, 15) is 0 Å². The Morgan fingerprint density at radius 2 is 1.83 bits per heavy atom. The van der Waals surface area contributed by atoms with Gasteiger partial charge >= 0.3 is 0 Å². The van der Waals surface area contributed by atoms with Gasteiger partial charge in [-0.25, -0.2) is 4.98 Å². The minimum atomic E-state index is 0.447. The quantitative estimate of drug-likeness (QED) is 0.608. The van der Waals surface area contributed by atoms with Gasteiger partial charge in [-0.2, -0.15) is 0 Å². The number of hydrogen-bond acceptors (Lipinski definition) is 1. The van der Waals surface area contributed by atoms with Gasteiger partial charge in [-0.3, -0.25) is 0 Å². The zero-order valence-corrected chi connectivity index (χ0v) is 8.74. The number of hydrogen-bond donors (Lipinski definition) is 0. The summed E-state index contributed by atoms with van der Waals surface area (Å²) in [4.78, 5) is 4.34. The summed E-state index contributed by atoms with van der Waals surface area (Å²) in [5.74, 6) is 0.447. The Balaban J connectivity index is 3.23. The van der Waals surface area contributed by atoms with Crippen LogP contribution in [0.4, 0.5) is 0 Å². The van der Waals surface area contributed by atoms with Crippen LogP contribution in [0.5, 0.6) is 0 Å². The lowest BCUT2D eigenvalue weighted by Gasteiger charge is -2.09. The largest absolute Gasteiger partial charge is 0.240 e. The molecule has 0 radical (unpaired) electrons. The molecule has 0 fully saturated rings. The standard InChI is InChI=1S/C10H14ClN/c1-6(2)9-7(3)5-8(4)10(11)12-9/h5-6H,1-4H3. The lowest BCUT2D eigenvalue weighted by molar-refractivity contribution is 0.810. The van der Waals surface area contributed by atoms with Gasteiger partial charge in [-0.05, 0) is 30.9 Å². The molecule has 0 spiro atoms. The Hall–Kier alpha value is -0.560. The number of nitrogens with zero attached hydrogens (tertiary/aromatic N) is 1. The number of aryl methyl sites for hydroxylation is 2. The maximum atomic E-state index is 5.92. The van der Waals surface area contributed by atoms with Crippen LogP contribution < -0.4 is 0 Å². The van der Waals surface area contributed by atoms with Gasteiger partial charge in [0.1, 0.15) is 5.15 Å². The van der Waals surface area contributed by atoms with Crippen LogP contribution in [-0.2, 0) is 0 Å². The molecule has 0 aliphatic carbocycles. The van der Waals surface area contributed by atoms with E-state index < -0.39 is 0 Å². The third-order valence-electron chi connectivity index (χ3n) is 1.93. The summed E-state index contributed by atoms with van der Waals surface area (Å²) in [5.41, 5.74) is 3.39. The first-order chi connectivity index (χ1) is 5.52. The Labute approximate surface area is 78.8 Å². The Bertz CT molecular complexity index is 292. The van der Waals surface area contributed by atoms with Crippen LogP contribution in [-0.4, -0.2) is 4.98 Å². The highest BCUT2D eigenvalue weighted by Crippen LogP contribution is 2.21. The molecule has 0 amide bonds. The first kappa shape index (κ1) is 9.53. The summed E-state index contributed by atoms with van der Waals surface area (Å²) in [6, 6.07) is 2.09. The summed E-state index contributed by atoms with van der Waals surface area (Å²) in [6.07, 6.45) is 0.